The molecule has 0 saturated carbocycles. The maximum atomic E-state index is 12.5. The van der Waals surface area contributed by atoms with E-state index >= 15 is 0 Å². The number of sulfonamides is 1. The van der Waals surface area contributed by atoms with Gasteiger partial charge in [0.2, 0.25) is 10.0 Å². The zero-order chi connectivity index (χ0) is 14.2. The molecule has 2 heterocycles. The van der Waals surface area contributed by atoms with Gasteiger partial charge in [0.05, 0.1) is 11.8 Å². The van der Waals surface area contributed by atoms with Crippen LogP contribution in [-0.4, -0.2) is 46.8 Å². The van der Waals surface area contributed by atoms with Crippen molar-refractivity contribution in [2.45, 2.75) is 50.7 Å². The van der Waals surface area contributed by atoms with Crippen molar-refractivity contribution in [3.05, 3.63) is 11.9 Å². The summed E-state index contributed by atoms with van der Waals surface area (Å²) in [5, 5.41) is 13.7. The molecule has 2 rings (SSSR count). The number of nitrogens with zero attached hydrogens (tertiary/aromatic N) is 3. The van der Waals surface area contributed by atoms with Crippen molar-refractivity contribution in [2.75, 3.05) is 13.1 Å². The first-order chi connectivity index (χ1) is 8.82. The van der Waals surface area contributed by atoms with Crippen LogP contribution in [0.2, 0.25) is 0 Å². The smallest absolute Gasteiger partial charge is 0.246 e. The molecule has 0 spiro atoms. The van der Waals surface area contributed by atoms with E-state index in [0.717, 1.165) is 0 Å². The summed E-state index contributed by atoms with van der Waals surface area (Å²) in [6, 6.07) is 0.130. The predicted molar refractivity (Wildman–Crippen MR) is 71.3 cm³/mol. The first-order valence-corrected chi connectivity index (χ1v) is 8.00. The molecule has 1 saturated heterocycles. The zero-order valence-corrected chi connectivity index (χ0v) is 12.4. The molecule has 0 aromatic carbocycles. The molecule has 0 amide bonds. The minimum absolute atomic E-state index is 0.130. The highest BCUT2D eigenvalue weighted by Crippen LogP contribution is 2.23. The lowest BCUT2D eigenvalue weighted by Gasteiger charge is -2.28. The van der Waals surface area contributed by atoms with Gasteiger partial charge >= 0.3 is 0 Å². The molecule has 19 heavy (non-hydrogen) atoms. The highest BCUT2D eigenvalue weighted by molar-refractivity contribution is 7.89. The first kappa shape index (κ1) is 14.5. The summed E-state index contributed by atoms with van der Waals surface area (Å²) >= 11 is 0. The molecular weight excluding hydrogens is 266 g/mol. The highest BCUT2D eigenvalue weighted by Gasteiger charge is 2.31. The third-order valence-electron chi connectivity index (χ3n) is 3.44. The summed E-state index contributed by atoms with van der Waals surface area (Å²) in [5.74, 6) is 0. The van der Waals surface area contributed by atoms with Gasteiger partial charge in [0.15, 0.2) is 0 Å². The van der Waals surface area contributed by atoms with E-state index in [1.807, 2.05) is 13.8 Å². The van der Waals surface area contributed by atoms with E-state index in [-0.39, 0.29) is 17.0 Å². The van der Waals surface area contributed by atoms with E-state index in [2.05, 4.69) is 5.10 Å². The molecule has 108 valence electrons. The number of rotatable bonds is 3. The largest absolute Gasteiger partial charge is 0.393 e. The number of aryl methyl sites for hydroxylation is 1. The quantitative estimate of drug-likeness (QED) is 0.897. The summed E-state index contributed by atoms with van der Waals surface area (Å²) in [4.78, 5) is 0.276. The van der Waals surface area contributed by atoms with E-state index in [0.29, 0.717) is 31.6 Å². The molecule has 0 unspecified atom stereocenters. The van der Waals surface area contributed by atoms with Crippen LogP contribution in [0, 0.1) is 6.92 Å². The Morgan fingerprint density at radius 1 is 1.37 bits per heavy atom. The van der Waals surface area contributed by atoms with Crippen molar-refractivity contribution in [1.82, 2.24) is 14.1 Å². The van der Waals surface area contributed by atoms with Gasteiger partial charge in [-0.25, -0.2) is 8.42 Å². The Bertz CT molecular complexity index is 543. The Hall–Kier alpha value is -0.920. The van der Waals surface area contributed by atoms with Crippen LogP contribution in [-0.2, 0) is 10.0 Å². The van der Waals surface area contributed by atoms with Crippen LogP contribution in [0.1, 0.15) is 38.4 Å². The van der Waals surface area contributed by atoms with Crippen molar-refractivity contribution in [1.29, 1.82) is 0 Å². The second-order valence-electron chi connectivity index (χ2n) is 5.29. The fourth-order valence-corrected chi connectivity index (χ4v) is 3.83. The fraction of sp³-hybridized carbons (Fsp3) is 0.750. The monoisotopic (exact) mass is 287 g/mol. The summed E-state index contributed by atoms with van der Waals surface area (Å²) in [7, 11) is -3.49. The second-order valence-corrected chi connectivity index (χ2v) is 7.19. The average Bonchev–Trinajstić information content (AvgIpc) is 2.73. The van der Waals surface area contributed by atoms with Crippen LogP contribution < -0.4 is 0 Å². The van der Waals surface area contributed by atoms with Gasteiger partial charge in [-0.05, 0) is 33.6 Å². The van der Waals surface area contributed by atoms with Crippen molar-refractivity contribution in [3.8, 4) is 0 Å². The fourth-order valence-electron chi connectivity index (χ4n) is 2.20. The maximum absolute atomic E-state index is 12.5. The Labute approximate surface area is 114 Å². The summed E-state index contributed by atoms with van der Waals surface area (Å²) in [6.45, 7) is 6.37. The number of hydrogen-bond donors (Lipinski definition) is 1. The lowest BCUT2D eigenvalue weighted by Crippen LogP contribution is -2.40. The molecule has 1 aliphatic rings. The van der Waals surface area contributed by atoms with E-state index in [9.17, 15) is 13.5 Å². The Kier molecular flexibility index (Phi) is 3.98. The average molecular weight is 287 g/mol. The molecule has 1 fully saturated rings. The molecule has 6 nitrogen and oxygen atoms in total. The molecule has 7 heteroatoms. The first-order valence-electron chi connectivity index (χ1n) is 6.56. The van der Waals surface area contributed by atoms with Crippen LogP contribution in [0.15, 0.2) is 11.1 Å². The van der Waals surface area contributed by atoms with Gasteiger partial charge < -0.3 is 5.11 Å². The molecule has 0 atom stereocenters. The maximum Gasteiger partial charge on any atom is 0.246 e. The summed E-state index contributed by atoms with van der Waals surface area (Å²) < 4.78 is 28.2. The normalized spacial score (nSPS) is 19.2. The Balaban J connectivity index is 2.29. The molecular formula is C12H21N3O3S. The van der Waals surface area contributed by atoms with Gasteiger partial charge in [0.1, 0.15) is 4.90 Å². The molecule has 0 aliphatic carbocycles. The van der Waals surface area contributed by atoms with Gasteiger partial charge in [-0.1, -0.05) is 0 Å². The number of hydrogen-bond acceptors (Lipinski definition) is 4. The number of aromatic nitrogens is 2. The van der Waals surface area contributed by atoms with Crippen molar-refractivity contribution in [2.24, 2.45) is 0 Å². The minimum atomic E-state index is -3.49. The van der Waals surface area contributed by atoms with E-state index in [1.165, 1.54) is 4.31 Å². The SMILES string of the molecule is Cc1nn(C(C)C)cc1S(=O)(=O)N1CCC(O)CC1. The zero-order valence-electron chi connectivity index (χ0n) is 11.6. The van der Waals surface area contributed by atoms with Crippen LogP contribution >= 0.6 is 0 Å². The van der Waals surface area contributed by atoms with Gasteiger partial charge in [-0.2, -0.15) is 9.40 Å². The van der Waals surface area contributed by atoms with Crippen LogP contribution in [0.25, 0.3) is 0 Å². The molecule has 1 aromatic heterocycles. The van der Waals surface area contributed by atoms with Crippen molar-refractivity contribution < 1.29 is 13.5 Å². The topological polar surface area (TPSA) is 75.4 Å². The van der Waals surface area contributed by atoms with E-state index in [1.54, 1.807) is 17.8 Å². The minimum Gasteiger partial charge on any atom is -0.393 e. The molecule has 1 aromatic rings. The molecule has 0 radical (unpaired) electrons. The number of aliphatic hydroxyl groups is 1. The summed E-state index contributed by atoms with van der Waals surface area (Å²) in [5.41, 5.74) is 0.528. The number of aliphatic hydroxyl groups excluding tert-OH is 1. The molecule has 1 aliphatic heterocycles. The van der Waals surface area contributed by atoms with Crippen molar-refractivity contribution in [3.63, 3.8) is 0 Å². The van der Waals surface area contributed by atoms with E-state index in [4.69, 9.17) is 0 Å². The molecule has 0 bridgehead atoms. The second kappa shape index (κ2) is 5.22. The van der Waals surface area contributed by atoms with Crippen LogP contribution in [0.3, 0.4) is 0 Å². The molecule has 1 N–H and O–H groups in total. The standard InChI is InChI=1S/C12H21N3O3S/c1-9(2)15-8-12(10(3)13-15)19(17,18)14-6-4-11(16)5-7-14/h8-9,11,16H,4-7H2,1-3H3. The van der Waals surface area contributed by atoms with Gasteiger partial charge in [0.25, 0.3) is 0 Å². The predicted octanol–water partition coefficient (Wildman–Crippen LogP) is 0.918. The van der Waals surface area contributed by atoms with Gasteiger partial charge in [0, 0.05) is 25.3 Å². The summed E-state index contributed by atoms with van der Waals surface area (Å²) in [6.07, 6.45) is 2.21. The lowest BCUT2D eigenvalue weighted by molar-refractivity contribution is 0.113. The van der Waals surface area contributed by atoms with Crippen LogP contribution in [0.4, 0.5) is 0 Å². The van der Waals surface area contributed by atoms with Crippen LogP contribution in [0.5, 0.6) is 0 Å². The number of piperidine rings is 1. The highest BCUT2D eigenvalue weighted by atomic mass is 32.2. The third-order valence-corrected chi connectivity index (χ3v) is 5.44. The van der Waals surface area contributed by atoms with Gasteiger partial charge in [-0.3, -0.25) is 4.68 Å². The van der Waals surface area contributed by atoms with E-state index < -0.39 is 10.0 Å². The third kappa shape index (κ3) is 2.82. The Morgan fingerprint density at radius 2 is 1.95 bits per heavy atom. The lowest BCUT2D eigenvalue weighted by atomic mass is 10.1. The van der Waals surface area contributed by atoms with Gasteiger partial charge in [-0.15, -0.1) is 0 Å². The van der Waals surface area contributed by atoms with Crippen molar-refractivity contribution >= 4 is 10.0 Å². The Morgan fingerprint density at radius 3 is 2.42 bits per heavy atom.